The highest BCUT2D eigenvalue weighted by Crippen LogP contribution is 2.21. The smallest absolute Gasteiger partial charge is 0.153 e. The molecule has 0 bridgehead atoms. The first kappa shape index (κ1) is 4.98. The van der Waals surface area contributed by atoms with Gasteiger partial charge in [-0.2, -0.15) is 0 Å². The van der Waals surface area contributed by atoms with Crippen LogP contribution in [0.1, 0.15) is 1.37 Å². The summed E-state index contributed by atoms with van der Waals surface area (Å²) in [6.07, 6.45) is 2.19. The molecular weight excluding hydrogens is 150 g/mol. The molecule has 0 atom stereocenters. The first-order valence-electron chi connectivity index (χ1n) is 4.26. The van der Waals surface area contributed by atoms with Crippen LogP contribution in [0.5, 0.6) is 0 Å². The number of rotatable bonds is 0. The molecular formula is C9H7N3. The van der Waals surface area contributed by atoms with Crippen molar-refractivity contribution in [3.63, 3.8) is 0 Å². The van der Waals surface area contributed by atoms with Crippen LogP contribution >= 0.6 is 0 Å². The second-order valence-electron chi connectivity index (χ2n) is 2.72. The van der Waals surface area contributed by atoms with Crippen LogP contribution in [0.25, 0.3) is 16.9 Å². The largest absolute Gasteiger partial charge is 0.300 e. The summed E-state index contributed by atoms with van der Waals surface area (Å²) in [5.41, 5.74) is 2.92. The predicted octanol–water partition coefficient (Wildman–Crippen LogP) is 1.77. The van der Waals surface area contributed by atoms with E-state index in [9.17, 15) is 0 Å². The fourth-order valence-electron chi connectivity index (χ4n) is 1.43. The van der Waals surface area contributed by atoms with Gasteiger partial charge < -0.3 is 0 Å². The van der Waals surface area contributed by atoms with Gasteiger partial charge >= 0.3 is 0 Å². The third kappa shape index (κ3) is 0.580. The van der Waals surface area contributed by atoms with E-state index in [4.69, 9.17) is 1.37 Å². The van der Waals surface area contributed by atoms with Crippen molar-refractivity contribution >= 4 is 5.65 Å². The maximum absolute atomic E-state index is 7.44. The average molecular weight is 158 g/mol. The first-order valence-corrected chi connectivity index (χ1v) is 3.76. The van der Waals surface area contributed by atoms with Crippen LogP contribution in [0, 0.1) is 0 Å². The van der Waals surface area contributed by atoms with Crippen LogP contribution in [0.15, 0.2) is 36.6 Å². The van der Waals surface area contributed by atoms with E-state index in [1.807, 2.05) is 28.9 Å². The summed E-state index contributed by atoms with van der Waals surface area (Å²) in [5, 5.41) is 2.91. The molecule has 3 heteroatoms. The summed E-state index contributed by atoms with van der Waals surface area (Å²) in [5.74, 6) is 0. The van der Waals surface area contributed by atoms with E-state index in [0.717, 1.165) is 16.9 Å². The van der Waals surface area contributed by atoms with Gasteiger partial charge in [-0.1, -0.05) is 12.1 Å². The fraction of sp³-hybridized carbons (Fsp3) is 0. The van der Waals surface area contributed by atoms with Crippen molar-refractivity contribution in [2.75, 3.05) is 0 Å². The monoisotopic (exact) mass is 158 g/mol. The van der Waals surface area contributed by atoms with E-state index < -0.39 is 0 Å². The van der Waals surface area contributed by atoms with Crippen molar-refractivity contribution in [2.24, 2.45) is 0 Å². The number of aromatic nitrogens is 3. The fourth-order valence-corrected chi connectivity index (χ4v) is 1.43. The molecule has 1 aliphatic carbocycles. The Hall–Kier alpha value is -1.77. The number of nitrogens with one attached hydrogen (secondary N) is 1. The molecule has 0 aromatic carbocycles. The third-order valence-electron chi connectivity index (χ3n) is 2.01. The molecule has 0 saturated heterocycles. The quantitative estimate of drug-likeness (QED) is 0.531. The topological polar surface area (TPSA) is 33.1 Å². The summed E-state index contributed by atoms with van der Waals surface area (Å²) in [6.45, 7) is 0. The van der Waals surface area contributed by atoms with Crippen molar-refractivity contribution in [1.82, 2.24) is 14.6 Å². The van der Waals surface area contributed by atoms with Crippen LogP contribution < -0.4 is 0 Å². The van der Waals surface area contributed by atoms with Gasteiger partial charge in [0.05, 0.1) is 7.06 Å². The van der Waals surface area contributed by atoms with Gasteiger partial charge in [0.1, 0.15) is 0 Å². The maximum atomic E-state index is 7.44. The van der Waals surface area contributed by atoms with Crippen molar-refractivity contribution in [1.29, 1.82) is 0 Å². The minimum absolute atomic E-state index is 0.376. The van der Waals surface area contributed by atoms with Crippen LogP contribution in [0.2, 0.25) is 0 Å². The predicted molar refractivity (Wildman–Crippen MR) is 46.2 cm³/mol. The summed E-state index contributed by atoms with van der Waals surface area (Å²) >= 11 is 0. The maximum Gasteiger partial charge on any atom is 0.153 e. The van der Waals surface area contributed by atoms with Gasteiger partial charge in [0.25, 0.3) is 0 Å². The molecule has 2 heterocycles. The standard InChI is InChI=1S/C9H7N3/c1-2-7-6-10-9-4-5-11-12(9)8(7)3-1/h1-6,11H/i5D. The van der Waals surface area contributed by atoms with E-state index in [-0.39, 0.29) is 0 Å². The molecule has 2 aliphatic rings. The summed E-state index contributed by atoms with van der Waals surface area (Å²) in [7, 11) is 0. The van der Waals surface area contributed by atoms with Crippen LogP contribution in [0.3, 0.4) is 0 Å². The lowest BCUT2D eigenvalue weighted by molar-refractivity contribution is 0.950. The second kappa shape index (κ2) is 1.88. The van der Waals surface area contributed by atoms with Gasteiger partial charge in [0.15, 0.2) is 5.65 Å². The zero-order chi connectivity index (χ0) is 8.84. The number of nitrogens with zero attached hydrogens (tertiary/aromatic N) is 2. The van der Waals surface area contributed by atoms with Gasteiger partial charge in [0, 0.05) is 24.0 Å². The molecule has 0 amide bonds. The van der Waals surface area contributed by atoms with Gasteiger partial charge in [-0.15, -0.1) is 0 Å². The Kier molecular flexibility index (Phi) is 0.781. The molecule has 0 saturated carbocycles. The van der Waals surface area contributed by atoms with E-state index in [1.165, 1.54) is 0 Å². The summed E-state index contributed by atoms with van der Waals surface area (Å²) in [4.78, 5) is 4.21. The van der Waals surface area contributed by atoms with Crippen LogP contribution in [-0.2, 0) is 0 Å². The Bertz CT molecular complexity index is 537. The molecule has 3 nitrogen and oxygen atoms in total. The molecule has 58 valence electrons. The highest BCUT2D eigenvalue weighted by Gasteiger charge is 2.05. The Balaban J connectivity index is 2.55. The zero-order valence-corrected chi connectivity index (χ0v) is 6.28. The molecule has 1 N–H and O–H groups in total. The lowest BCUT2D eigenvalue weighted by Gasteiger charge is -2.01. The number of hydrogen-bond donors (Lipinski definition) is 1. The number of H-pyrrole nitrogens is 1. The number of hydrogen-bond acceptors (Lipinski definition) is 1. The highest BCUT2D eigenvalue weighted by atomic mass is 15.2. The van der Waals surface area contributed by atoms with E-state index >= 15 is 0 Å². The Morgan fingerprint density at radius 3 is 3.42 bits per heavy atom. The Labute approximate surface area is 70.4 Å². The Morgan fingerprint density at radius 1 is 1.42 bits per heavy atom. The average Bonchev–Trinajstić information content (AvgIpc) is 2.65. The SMILES string of the molecule is [2H]c1cc2ncc3cccc-3n2[nH]1. The second-order valence-corrected chi connectivity index (χ2v) is 2.72. The lowest BCUT2D eigenvalue weighted by atomic mass is 10.3. The molecule has 0 spiro atoms. The summed E-state index contributed by atoms with van der Waals surface area (Å²) < 4.78 is 9.25. The van der Waals surface area contributed by atoms with Crippen LogP contribution in [-0.4, -0.2) is 14.6 Å². The lowest BCUT2D eigenvalue weighted by Crippen LogP contribution is -1.93. The van der Waals surface area contributed by atoms with Gasteiger partial charge in [-0.25, -0.2) is 9.50 Å². The number of fused-ring (bicyclic) bond motifs is 3. The van der Waals surface area contributed by atoms with Crippen molar-refractivity contribution in [3.05, 3.63) is 36.6 Å². The molecule has 3 rings (SSSR count). The normalized spacial score (nSPS) is 12.5. The molecule has 0 radical (unpaired) electrons. The number of aromatic amines is 1. The molecule has 12 heavy (non-hydrogen) atoms. The van der Waals surface area contributed by atoms with Crippen molar-refractivity contribution < 1.29 is 1.37 Å². The molecule has 1 aromatic rings. The Morgan fingerprint density at radius 2 is 2.42 bits per heavy atom. The minimum atomic E-state index is 0.376. The molecule has 1 aliphatic heterocycles. The van der Waals surface area contributed by atoms with Gasteiger partial charge in [-0.05, 0) is 6.07 Å². The van der Waals surface area contributed by atoms with Crippen molar-refractivity contribution in [3.8, 4) is 11.3 Å². The first-order chi connectivity index (χ1) is 6.34. The van der Waals surface area contributed by atoms with Gasteiger partial charge in [0.2, 0.25) is 0 Å². The minimum Gasteiger partial charge on any atom is -0.300 e. The third-order valence-corrected chi connectivity index (χ3v) is 2.01. The van der Waals surface area contributed by atoms with Crippen LogP contribution in [0.4, 0.5) is 0 Å². The molecule has 0 fully saturated rings. The van der Waals surface area contributed by atoms with E-state index in [1.54, 1.807) is 6.07 Å². The van der Waals surface area contributed by atoms with E-state index in [2.05, 4.69) is 10.1 Å². The summed E-state index contributed by atoms with van der Waals surface area (Å²) in [6, 6.07) is 7.68. The molecule has 1 aromatic heterocycles. The van der Waals surface area contributed by atoms with Crippen molar-refractivity contribution in [2.45, 2.75) is 0 Å². The van der Waals surface area contributed by atoms with E-state index in [0.29, 0.717) is 6.17 Å². The zero-order valence-electron chi connectivity index (χ0n) is 7.28. The van der Waals surface area contributed by atoms with Gasteiger partial charge in [-0.3, -0.25) is 5.10 Å². The molecule has 0 unspecified atom stereocenters. The highest BCUT2D eigenvalue weighted by molar-refractivity contribution is 5.64.